The van der Waals surface area contributed by atoms with Crippen molar-refractivity contribution >= 4 is 17.2 Å². The first-order chi connectivity index (χ1) is 13.7. The van der Waals surface area contributed by atoms with Gasteiger partial charge in [0.15, 0.2) is 0 Å². The smallest absolute Gasteiger partial charge is 0.264 e. The van der Waals surface area contributed by atoms with E-state index in [9.17, 15) is 4.79 Å². The molecule has 0 saturated carbocycles. The van der Waals surface area contributed by atoms with Crippen LogP contribution in [0.25, 0.3) is 0 Å². The van der Waals surface area contributed by atoms with Crippen molar-refractivity contribution in [3.8, 4) is 5.75 Å². The molecule has 0 aliphatic carbocycles. The van der Waals surface area contributed by atoms with Crippen LogP contribution < -0.4 is 4.74 Å². The molecule has 0 bridgehead atoms. The summed E-state index contributed by atoms with van der Waals surface area (Å²) >= 11 is 1.50. The van der Waals surface area contributed by atoms with Gasteiger partial charge in [0.2, 0.25) is 0 Å². The average molecular weight is 398 g/mol. The topological polar surface area (TPSA) is 63.5 Å². The Bertz CT molecular complexity index is 916. The molecule has 0 atom stereocenters. The number of thiophene rings is 1. The van der Waals surface area contributed by atoms with Gasteiger partial charge in [0, 0.05) is 32.7 Å². The number of hydrogen-bond donors (Lipinski definition) is 0. The molecule has 28 heavy (non-hydrogen) atoms. The van der Waals surface area contributed by atoms with Crippen LogP contribution in [0, 0.1) is 0 Å². The van der Waals surface area contributed by atoms with Crippen LogP contribution in [0.5, 0.6) is 5.75 Å². The summed E-state index contributed by atoms with van der Waals surface area (Å²) in [5.41, 5.74) is 2.07. The summed E-state index contributed by atoms with van der Waals surface area (Å²) < 4.78 is 7.12. The van der Waals surface area contributed by atoms with Gasteiger partial charge < -0.3 is 9.64 Å². The number of carbonyl (C=O) groups is 1. The molecule has 0 unspecified atom stereocenters. The number of hydrogen-bond acceptors (Lipinski definition) is 6. The quantitative estimate of drug-likeness (QED) is 0.639. The van der Waals surface area contributed by atoms with E-state index in [1.54, 1.807) is 7.11 Å². The second-order valence-corrected chi connectivity index (χ2v) is 7.75. The van der Waals surface area contributed by atoms with Crippen molar-refractivity contribution < 1.29 is 9.53 Å². The van der Waals surface area contributed by atoms with E-state index in [1.807, 2.05) is 57.6 Å². The molecule has 1 saturated heterocycles. The number of piperazine rings is 1. The Hall–Kier alpha value is -2.71. The molecule has 4 rings (SSSR count). The summed E-state index contributed by atoms with van der Waals surface area (Å²) in [4.78, 5) is 17.5. The minimum atomic E-state index is 0.138. The highest BCUT2D eigenvalue weighted by molar-refractivity contribution is 7.12. The van der Waals surface area contributed by atoms with Gasteiger partial charge in [-0.15, -0.1) is 16.4 Å². The highest BCUT2D eigenvalue weighted by Crippen LogP contribution is 2.16. The van der Waals surface area contributed by atoms with E-state index >= 15 is 0 Å². The zero-order valence-electron chi connectivity index (χ0n) is 15.8. The lowest BCUT2D eigenvalue weighted by Crippen LogP contribution is -2.48. The number of benzene rings is 1. The number of aromatic nitrogens is 3. The molecule has 1 amide bonds. The van der Waals surface area contributed by atoms with Gasteiger partial charge in [-0.2, -0.15) is 0 Å². The third kappa shape index (κ3) is 4.40. The molecular formula is C20H23N5O2S. The van der Waals surface area contributed by atoms with Crippen molar-refractivity contribution in [2.75, 3.05) is 33.3 Å². The van der Waals surface area contributed by atoms with E-state index in [-0.39, 0.29) is 5.91 Å². The van der Waals surface area contributed by atoms with Crippen LogP contribution in [0.2, 0.25) is 0 Å². The number of methoxy groups -OCH3 is 1. The van der Waals surface area contributed by atoms with Gasteiger partial charge >= 0.3 is 0 Å². The largest absolute Gasteiger partial charge is 0.497 e. The second-order valence-electron chi connectivity index (χ2n) is 6.80. The van der Waals surface area contributed by atoms with E-state index < -0.39 is 0 Å². The minimum Gasteiger partial charge on any atom is -0.497 e. The van der Waals surface area contributed by atoms with Gasteiger partial charge in [0.1, 0.15) is 5.75 Å². The molecule has 1 aliphatic rings. The standard InChI is InChI=1S/C20H23N5O2S/c1-27-18-5-2-4-16(12-18)13-25-15-17(21-22-25)14-23-7-9-24(10-8-23)20(26)19-6-3-11-28-19/h2-6,11-12,15H,7-10,13-14H2,1H3. The van der Waals surface area contributed by atoms with E-state index in [0.29, 0.717) is 6.54 Å². The number of ether oxygens (including phenoxy) is 1. The molecule has 0 N–H and O–H groups in total. The zero-order chi connectivity index (χ0) is 19.3. The Balaban J connectivity index is 1.29. The maximum Gasteiger partial charge on any atom is 0.264 e. The number of carbonyl (C=O) groups excluding carboxylic acids is 1. The van der Waals surface area contributed by atoms with Gasteiger partial charge in [-0.3, -0.25) is 9.69 Å². The molecule has 0 spiro atoms. The molecule has 3 heterocycles. The monoisotopic (exact) mass is 397 g/mol. The van der Waals surface area contributed by atoms with Crippen molar-refractivity contribution in [1.29, 1.82) is 0 Å². The fourth-order valence-corrected chi connectivity index (χ4v) is 4.03. The Morgan fingerprint density at radius 2 is 2.00 bits per heavy atom. The summed E-state index contributed by atoms with van der Waals surface area (Å²) in [5.74, 6) is 0.978. The van der Waals surface area contributed by atoms with Crippen LogP contribution in [0.3, 0.4) is 0 Å². The summed E-state index contributed by atoms with van der Waals surface area (Å²) in [6.07, 6.45) is 1.99. The van der Waals surface area contributed by atoms with E-state index in [4.69, 9.17) is 4.74 Å². The average Bonchev–Trinajstić information content (AvgIpc) is 3.41. The fourth-order valence-electron chi connectivity index (χ4n) is 3.34. The highest BCUT2D eigenvalue weighted by atomic mass is 32.1. The maximum absolute atomic E-state index is 12.4. The lowest BCUT2D eigenvalue weighted by atomic mass is 10.2. The van der Waals surface area contributed by atoms with Gasteiger partial charge in [-0.1, -0.05) is 23.4 Å². The van der Waals surface area contributed by atoms with Crippen molar-refractivity contribution in [3.63, 3.8) is 0 Å². The predicted molar refractivity (Wildman–Crippen MR) is 108 cm³/mol. The van der Waals surface area contributed by atoms with Crippen LogP contribution in [0.1, 0.15) is 20.9 Å². The van der Waals surface area contributed by atoms with Crippen molar-refractivity contribution in [1.82, 2.24) is 24.8 Å². The van der Waals surface area contributed by atoms with Crippen LogP contribution in [-0.2, 0) is 13.1 Å². The number of nitrogens with zero attached hydrogens (tertiary/aromatic N) is 5. The summed E-state index contributed by atoms with van der Waals surface area (Å²) in [6, 6.07) is 11.8. The number of amides is 1. The van der Waals surface area contributed by atoms with Gasteiger partial charge in [0.25, 0.3) is 5.91 Å². The minimum absolute atomic E-state index is 0.138. The molecule has 2 aromatic heterocycles. The first-order valence-electron chi connectivity index (χ1n) is 9.28. The molecule has 1 fully saturated rings. The highest BCUT2D eigenvalue weighted by Gasteiger charge is 2.23. The van der Waals surface area contributed by atoms with Crippen LogP contribution >= 0.6 is 11.3 Å². The fraction of sp³-hybridized carbons (Fsp3) is 0.350. The third-order valence-corrected chi connectivity index (χ3v) is 5.70. The molecular weight excluding hydrogens is 374 g/mol. The maximum atomic E-state index is 12.4. The van der Waals surface area contributed by atoms with Crippen molar-refractivity contribution in [3.05, 3.63) is 64.1 Å². The summed E-state index contributed by atoms with van der Waals surface area (Å²) in [5, 5.41) is 10.5. The molecule has 1 aromatic carbocycles. The lowest BCUT2D eigenvalue weighted by molar-refractivity contribution is 0.0631. The molecule has 146 valence electrons. The normalized spacial score (nSPS) is 15.0. The molecule has 8 heteroatoms. The van der Waals surface area contributed by atoms with Crippen LogP contribution in [0.4, 0.5) is 0 Å². The summed E-state index contributed by atoms with van der Waals surface area (Å²) in [6.45, 7) is 4.59. The lowest BCUT2D eigenvalue weighted by Gasteiger charge is -2.34. The molecule has 7 nitrogen and oxygen atoms in total. The Kier molecular flexibility index (Phi) is 5.68. The van der Waals surface area contributed by atoms with Crippen LogP contribution in [-0.4, -0.2) is 64.0 Å². The van der Waals surface area contributed by atoms with Crippen molar-refractivity contribution in [2.45, 2.75) is 13.1 Å². The zero-order valence-corrected chi connectivity index (χ0v) is 16.6. The van der Waals surface area contributed by atoms with E-state index in [2.05, 4.69) is 15.2 Å². The van der Waals surface area contributed by atoms with E-state index in [1.165, 1.54) is 11.3 Å². The van der Waals surface area contributed by atoms with Crippen LogP contribution in [0.15, 0.2) is 48.0 Å². The van der Waals surface area contributed by atoms with Gasteiger partial charge in [-0.25, -0.2) is 4.68 Å². The van der Waals surface area contributed by atoms with Crippen molar-refractivity contribution in [2.24, 2.45) is 0 Å². The molecule has 3 aromatic rings. The first-order valence-corrected chi connectivity index (χ1v) is 10.2. The Morgan fingerprint density at radius 1 is 1.14 bits per heavy atom. The number of rotatable bonds is 6. The Labute approximate surface area is 168 Å². The van der Waals surface area contributed by atoms with Gasteiger partial charge in [-0.05, 0) is 29.1 Å². The molecule has 1 aliphatic heterocycles. The SMILES string of the molecule is COc1cccc(Cn2cc(CN3CCN(C(=O)c4cccs4)CC3)nn2)c1. The van der Waals surface area contributed by atoms with Gasteiger partial charge in [0.05, 0.1) is 30.4 Å². The molecule has 0 radical (unpaired) electrons. The third-order valence-electron chi connectivity index (χ3n) is 4.84. The Morgan fingerprint density at radius 3 is 2.75 bits per heavy atom. The second kappa shape index (κ2) is 8.53. The first kappa shape index (κ1) is 18.6. The predicted octanol–water partition coefficient (Wildman–Crippen LogP) is 2.35. The summed E-state index contributed by atoms with van der Waals surface area (Å²) in [7, 11) is 1.67. The van der Waals surface area contributed by atoms with E-state index in [0.717, 1.165) is 54.6 Å².